The number of halogens is 3. The molecule has 2 fully saturated rings. The Labute approximate surface area is 226 Å². The molecule has 1 amide bonds. The zero-order valence-corrected chi connectivity index (χ0v) is 22.1. The maximum atomic E-state index is 13.0. The third kappa shape index (κ3) is 7.44. The van der Waals surface area contributed by atoms with Crippen LogP contribution in [0.25, 0.3) is 0 Å². The van der Waals surface area contributed by atoms with Gasteiger partial charge in [-0.05, 0) is 61.4 Å². The van der Waals surface area contributed by atoms with Crippen molar-refractivity contribution in [3.63, 3.8) is 0 Å². The van der Waals surface area contributed by atoms with Crippen LogP contribution >= 0.6 is 0 Å². The van der Waals surface area contributed by atoms with Crippen molar-refractivity contribution in [1.29, 1.82) is 0 Å². The topological polar surface area (TPSA) is 79.3 Å². The molecule has 1 atom stereocenters. The van der Waals surface area contributed by atoms with Crippen molar-refractivity contribution in [2.75, 3.05) is 33.3 Å². The number of benzene rings is 2. The van der Waals surface area contributed by atoms with E-state index in [1.807, 2.05) is 12.1 Å². The molecule has 0 bridgehead atoms. The van der Waals surface area contributed by atoms with Gasteiger partial charge in [0.2, 0.25) is 5.91 Å². The Morgan fingerprint density at radius 2 is 1.64 bits per heavy atom. The van der Waals surface area contributed by atoms with Gasteiger partial charge in [0.05, 0.1) is 7.11 Å². The molecular formula is C29H35F3N2O5. The smallest absolute Gasteiger partial charge is 0.490 e. The molecule has 3 aliphatic rings. The largest absolute Gasteiger partial charge is 0.497 e. The number of carbonyl (C=O) groups is 2. The Bertz CT molecular complexity index is 1120. The number of fused-ring (bicyclic) bond motifs is 1. The predicted molar refractivity (Wildman–Crippen MR) is 139 cm³/mol. The molecule has 2 aromatic rings. The molecular weight excluding hydrogens is 513 g/mol. The van der Waals surface area contributed by atoms with Gasteiger partial charge < -0.3 is 19.5 Å². The highest BCUT2D eigenvalue weighted by Crippen LogP contribution is 2.47. The van der Waals surface area contributed by atoms with Crippen molar-refractivity contribution >= 4 is 11.9 Å². The first-order valence-electron chi connectivity index (χ1n) is 13.3. The second kappa shape index (κ2) is 12.3. The Hall–Kier alpha value is -3.27. The van der Waals surface area contributed by atoms with Crippen molar-refractivity contribution < 1.29 is 37.3 Å². The molecule has 0 saturated carbocycles. The van der Waals surface area contributed by atoms with E-state index < -0.39 is 12.1 Å². The fourth-order valence-electron chi connectivity index (χ4n) is 5.65. The highest BCUT2D eigenvalue weighted by molar-refractivity contribution is 5.77. The van der Waals surface area contributed by atoms with Gasteiger partial charge in [0.25, 0.3) is 0 Å². The molecule has 3 heterocycles. The van der Waals surface area contributed by atoms with E-state index in [9.17, 15) is 18.0 Å². The summed E-state index contributed by atoms with van der Waals surface area (Å²) in [5, 5.41) is 7.12. The fraction of sp³-hybridized carbons (Fsp3) is 0.517. The number of nitrogens with zero attached hydrogens (tertiary/aromatic N) is 2. The Morgan fingerprint density at radius 1 is 1.03 bits per heavy atom. The fourth-order valence-corrected chi connectivity index (χ4v) is 5.65. The molecule has 10 heteroatoms. The normalized spacial score (nSPS) is 20.4. The van der Waals surface area contributed by atoms with Crippen LogP contribution in [0.1, 0.15) is 55.6 Å². The third-order valence-corrected chi connectivity index (χ3v) is 7.76. The number of carboxylic acids is 1. The minimum absolute atomic E-state index is 0.152. The van der Waals surface area contributed by atoms with E-state index in [1.54, 1.807) is 7.11 Å². The molecule has 0 aromatic heterocycles. The molecule has 5 rings (SSSR count). The number of amides is 1. The zero-order valence-electron chi connectivity index (χ0n) is 22.1. The number of rotatable bonds is 5. The molecule has 39 heavy (non-hydrogen) atoms. The number of piperidine rings is 1. The first-order valence-corrected chi connectivity index (χ1v) is 13.3. The van der Waals surface area contributed by atoms with E-state index in [2.05, 4.69) is 46.2 Å². The molecule has 1 N–H and O–H groups in total. The van der Waals surface area contributed by atoms with Gasteiger partial charge in [0.15, 0.2) is 0 Å². The van der Waals surface area contributed by atoms with Crippen LogP contribution in [0.4, 0.5) is 13.2 Å². The van der Waals surface area contributed by atoms with Gasteiger partial charge >= 0.3 is 12.1 Å². The highest BCUT2D eigenvalue weighted by atomic mass is 19.4. The summed E-state index contributed by atoms with van der Waals surface area (Å²) in [4.78, 5) is 26.4. The third-order valence-electron chi connectivity index (χ3n) is 7.76. The Morgan fingerprint density at radius 3 is 2.23 bits per heavy atom. The summed E-state index contributed by atoms with van der Waals surface area (Å²) in [6.07, 6.45) is 0.767. The summed E-state index contributed by atoms with van der Waals surface area (Å²) in [6, 6.07) is 16.7. The highest BCUT2D eigenvalue weighted by Gasteiger charge is 2.44. The first kappa shape index (κ1) is 28.7. The van der Waals surface area contributed by atoms with Crippen molar-refractivity contribution in [3.05, 3.63) is 59.7 Å². The number of methoxy groups -OCH3 is 1. The van der Waals surface area contributed by atoms with Crippen LogP contribution in [-0.4, -0.2) is 71.8 Å². The van der Waals surface area contributed by atoms with Crippen molar-refractivity contribution in [1.82, 2.24) is 9.80 Å². The molecule has 3 aliphatic heterocycles. The summed E-state index contributed by atoms with van der Waals surface area (Å²) in [6.45, 7) is 4.83. The van der Waals surface area contributed by atoms with Gasteiger partial charge in [0.1, 0.15) is 17.1 Å². The molecule has 1 spiro atoms. The Kier molecular flexibility index (Phi) is 9.04. The van der Waals surface area contributed by atoms with Crippen LogP contribution in [0.3, 0.4) is 0 Å². The van der Waals surface area contributed by atoms with E-state index in [0.717, 1.165) is 76.3 Å². The summed E-state index contributed by atoms with van der Waals surface area (Å²) in [5.74, 6) is -0.304. The molecule has 0 aliphatic carbocycles. The quantitative estimate of drug-likeness (QED) is 0.551. The summed E-state index contributed by atoms with van der Waals surface area (Å²) in [7, 11) is 1.70. The van der Waals surface area contributed by atoms with Crippen LogP contribution in [-0.2, 0) is 16.1 Å². The van der Waals surface area contributed by atoms with E-state index >= 15 is 0 Å². The number of aliphatic carboxylic acids is 1. The molecule has 2 aromatic carbocycles. The summed E-state index contributed by atoms with van der Waals surface area (Å²) >= 11 is 0. The van der Waals surface area contributed by atoms with E-state index in [1.165, 1.54) is 11.1 Å². The molecule has 212 valence electrons. The van der Waals surface area contributed by atoms with E-state index in [0.29, 0.717) is 12.3 Å². The lowest BCUT2D eigenvalue weighted by Crippen LogP contribution is -2.50. The number of para-hydroxylation sites is 1. The maximum absolute atomic E-state index is 13.0. The van der Waals surface area contributed by atoms with Crippen LogP contribution < -0.4 is 9.47 Å². The number of alkyl halides is 3. The minimum atomic E-state index is -5.08. The van der Waals surface area contributed by atoms with Crippen LogP contribution in [0.15, 0.2) is 48.5 Å². The maximum Gasteiger partial charge on any atom is 0.490 e. The lowest BCUT2D eigenvalue weighted by molar-refractivity contribution is -0.192. The van der Waals surface area contributed by atoms with Gasteiger partial charge in [-0.3, -0.25) is 9.69 Å². The number of hydrogen-bond acceptors (Lipinski definition) is 5. The van der Waals surface area contributed by atoms with Gasteiger partial charge in [-0.15, -0.1) is 0 Å². The van der Waals surface area contributed by atoms with Crippen LogP contribution in [0.2, 0.25) is 0 Å². The van der Waals surface area contributed by atoms with E-state index in [4.69, 9.17) is 19.4 Å². The summed E-state index contributed by atoms with van der Waals surface area (Å²) < 4.78 is 43.7. The molecule has 0 radical (unpaired) electrons. The minimum Gasteiger partial charge on any atom is -0.497 e. The second-order valence-corrected chi connectivity index (χ2v) is 10.4. The van der Waals surface area contributed by atoms with Crippen molar-refractivity contribution in [2.24, 2.45) is 0 Å². The number of ether oxygens (including phenoxy) is 2. The standard InChI is InChI=1S/C27H34N2O3.C2HF3O2/c1-31-23-10-8-21(9-11-23)20-28-16-12-27(13-17-28)19-22(18-26(30)29-14-4-5-15-29)24-6-2-3-7-25(24)32-27;3-2(4,5)1(6)7/h2-3,6-11,22H,4-5,12-20H2,1H3;(H,6,7). The van der Waals surface area contributed by atoms with Gasteiger partial charge in [0, 0.05) is 45.1 Å². The number of likely N-dealkylation sites (tertiary alicyclic amines) is 2. The van der Waals surface area contributed by atoms with Gasteiger partial charge in [-0.25, -0.2) is 4.79 Å². The Balaban J connectivity index is 0.000000448. The summed E-state index contributed by atoms with van der Waals surface area (Å²) in [5.41, 5.74) is 2.37. The lowest BCUT2D eigenvalue weighted by Gasteiger charge is -2.47. The van der Waals surface area contributed by atoms with Crippen molar-refractivity contribution in [2.45, 2.75) is 62.8 Å². The van der Waals surface area contributed by atoms with Crippen molar-refractivity contribution in [3.8, 4) is 11.5 Å². The lowest BCUT2D eigenvalue weighted by atomic mass is 9.76. The van der Waals surface area contributed by atoms with Gasteiger partial charge in [-0.2, -0.15) is 13.2 Å². The number of carbonyl (C=O) groups excluding carboxylic acids is 1. The number of hydrogen-bond donors (Lipinski definition) is 1. The zero-order chi connectivity index (χ0) is 28.0. The van der Waals surface area contributed by atoms with Gasteiger partial charge in [-0.1, -0.05) is 30.3 Å². The average Bonchev–Trinajstić information content (AvgIpc) is 3.46. The first-order chi connectivity index (χ1) is 18.6. The number of carboxylic acid groups (broad SMARTS) is 1. The van der Waals surface area contributed by atoms with Crippen LogP contribution in [0, 0.1) is 0 Å². The monoisotopic (exact) mass is 548 g/mol. The second-order valence-electron chi connectivity index (χ2n) is 10.4. The molecule has 1 unspecified atom stereocenters. The molecule has 2 saturated heterocycles. The molecule has 7 nitrogen and oxygen atoms in total. The average molecular weight is 549 g/mol. The van der Waals surface area contributed by atoms with E-state index in [-0.39, 0.29) is 11.5 Å². The van der Waals surface area contributed by atoms with Crippen LogP contribution in [0.5, 0.6) is 11.5 Å². The SMILES string of the molecule is COc1ccc(CN2CCC3(CC2)CC(CC(=O)N2CCCC2)c2ccccc2O3)cc1.O=C(O)C(F)(F)F. The predicted octanol–water partition coefficient (Wildman–Crippen LogP) is 5.24.